The van der Waals surface area contributed by atoms with Crippen LogP contribution in [0.4, 0.5) is 0 Å². The number of allylic oxidation sites excluding steroid dienone is 11. The highest BCUT2D eigenvalue weighted by atomic mass is 16.8. The third-order valence-electron chi connectivity index (χ3n) is 18.7. The van der Waals surface area contributed by atoms with Crippen molar-refractivity contribution in [3.05, 3.63) is 72.9 Å². The van der Waals surface area contributed by atoms with Crippen molar-refractivity contribution in [2.45, 2.75) is 381 Å². The number of hydrogen-bond acceptors (Lipinski definition) is 18. The second-order valence-corrected chi connectivity index (χ2v) is 27.1. The molecule has 3 fully saturated rings. The summed E-state index contributed by atoms with van der Waals surface area (Å²) in [5, 5.41) is 121. The van der Waals surface area contributed by atoms with Gasteiger partial charge in [-0.05, 0) is 83.5 Å². The minimum Gasteiger partial charge on any atom is -0.394 e. The molecule has 3 rings (SSSR count). The SMILES string of the molecule is CCCCCCC/C=C\C/C=C\C/C=C\CCCCCCCCCCCCCCCCCCC(=O)NC(COC1OC(CO)C(OC2OC(CO)C(OC3OC(CO)C(O)C(O)C3O)C(O)C2O)C(O)C1O)C(O)/C=C/CC/C=C/CC/C=C/CCCCCCCCCCCC. The lowest BCUT2D eigenvalue weighted by atomic mass is 9.96. The molecule has 0 spiro atoms. The molecule has 0 aromatic rings. The molecule has 3 saturated heterocycles. The molecule has 1 amide bonds. The molecular formula is C77H137NO18. The summed E-state index contributed by atoms with van der Waals surface area (Å²) < 4.78 is 34.4. The molecule has 3 aliphatic heterocycles. The fraction of sp³-hybridized carbons (Fsp3) is 0.831. The van der Waals surface area contributed by atoms with Gasteiger partial charge in [0.25, 0.3) is 0 Å². The van der Waals surface area contributed by atoms with Crippen LogP contribution in [0.25, 0.3) is 0 Å². The topological polar surface area (TPSA) is 307 Å². The molecule has 0 bridgehead atoms. The summed E-state index contributed by atoms with van der Waals surface area (Å²) in [6.07, 6.45) is 47.4. The number of aliphatic hydroxyl groups excluding tert-OH is 11. The van der Waals surface area contributed by atoms with Crippen molar-refractivity contribution in [2.75, 3.05) is 26.4 Å². The Morgan fingerprint density at radius 2 is 0.698 bits per heavy atom. The van der Waals surface area contributed by atoms with Gasteiger partial charge in [-0.2, -0.15) is 0 Å². The van der Waals surface area contributed by atoms with E-state index in [4.69, 9.17) is 28.4 Å². The molecule has 0 aliphatic carbocycles. The number of unbranched alkanes of at least 4 members (excludes halogenated alkanes) is 33. The lowest BCUT2D eigenvalue weighted by molar-refractivity contribution is -0.379. The lowest BCUT2D eigenvalue weighted by Gasteiger charge is -2.48. The van der Waals surface area contributed by atoms with Crippen molar-refractivity contribution in [1.29, 1.82) is 0 Å². The van der Waals surface area contributed by atoms with Gasteiger partial charge in [-0.15, -0.1) is 0 Å². The van der Waals surface area contributed by atoms with Crippen LogP contribution in [0.2, 0.25) is 0 Å². The first-order valence-corrected chi connectivity index (χ1v) is 38.2. The predicted octanol–water partition coefficient (Wildman–Crippen LogP) is 11.7. The van der Waals surface area contributed by atoms with Gasteiger partial charge in [0.1, 0.15) is 73.2 Å². The van der Waals surface area contributed by atoms with Crippen molar-refractivity contribution in [2.24, 2.45) is 0 Å². The average Bonchev–Trinajstić information content (AvgIpc) is 0.786. The Bertz CT molecular complexity index is 2020. The van der Waals surface area contributed by atoms with Gasteiger partial charge >= 0.3 is 0 Å². The molecule has 19 nitrogen and oxygen atoms in total. The number of nitrogens with one attached hydrogen (secondary N) is 1. The second kappa shape index (κ2) is 57.8. The zero-order chi connectivity index (χ0) is 69.6. The second-order valence-electron chi connectivity index (χ2n) is 27.1. The van der Waals surface area contributed by atoms with Crippen molar-refractivity contribution < 1.29 is 89.4 Å². The standard InChI is InChI=1S/C77H137NO18/c1-3-5-7-9-11-13-15-17-19-21-23-25-26-27-28-29-30-31-32-33-34-35-37-39-41-43-45-47-49-51-53-55-65(83)78-60(61(82)54-52-50-48-46-44-42-40-38-36-24-22-20-18-16-14-12-10-8-6-4-2)59-91-75-71(89)68(86)73(63(57-80)93-75)96-77-72(90)69(87)74(64(58-81)94-77)95-76-70(88)67(85)66(84)62(56-79)92-76/h15,17,21,23,26-27,36,38,44,46,52,54,60-64,66-77,79-82,84-90H,3-14,16,18-20,22,24-25,28-35,37,39-43,45,47-51,53,55-59H2,1-2H3,(H,78,83)/b17-15-,23-21-,27-26-,38-36+,46-44+,54-52+. The molecule has 3 aliphatic rings. The van der Waals surface area contributed by atoms with Crippen molar-refractivity contribution in [3.8, 4) is 0 Å². The molecule has 12 N–H and O–H groups in total. The van der Waals surface area contributed by atoms with Crippen LogP contribution in [0.15, 0.2) is 72.9 Å². The van der Waals surface area contributed by atoms with Crippen molar-refractivity contribution >= 4 is 5.91 Å². The van der Waals surface area contributed by atoms with E-state index in [2.05, 4.69) is 79.9 Å². The fourth-order valence-electron chi connectivity index (χ4n) is 12.5. The summed E-state index contributed by atoms with van der Waals surface area (Å²) >= 11 is 0. The van der Waals surface area contributed by atoms with E-state index in [1.54, 1.807) is 6.08 Å². The summed E-state index contributed by atoms with van der Waals surface area (Å²) in [5.41, 5.74) is 0. The Hall–Kier alpha value is -2.77. The highest BCUT2D eigenvalue weighted by Gasteiger charge is 2.53. The molecule has 0 aromatic heterocycles. The molecule has 0 aromatic carbocycles. The van der Waals surface area contributed by atoms with E-state index in [9.17, 15) is 61.0 Å². The molecule has 19 heteroatoms. The van der Waals surface area contributed by atoms with E-state index in [1.807, 2.05) is 6.08 Å². The van der Waals surface area contributed by atoms with Gasteiger partial charge in [0.15, 0.2) is 18.9 Å². The van der Waals surface area contributed by atoms with E-state index < -0.39 is 124 Å². The zero-order valence-corrected chi connectivity index (χ0v) is 59.3. The maximum Gasteiger partial charge on any atom is 0.220 e. The third-order valence-corrected chi connectivity index (χ3v) is 18.7. The Labute approximate surface area is 578 Å². The Morgan fingerprint density at radius 3 is 1.11 bits per heavy atom. The number of aliphatic hydroxyl groups is 11. The molecule has 17 unspecified atom stereocenters. The molecule has 0 saturated carbocycles. The van der Waals surface area contributed by atoms with Crippen LogP contribution in [-0.4, -0.2) is 193 Å². The van der Waals surface area contributed by atoms with E-state index in [1.165, 1.54) is 186 Å². The van der Waals surface area contributed by atoms with Gasteiger partial charge in [-0.25, -0.2) is 0 Å². The molecule has 3 heterocycles. The highest BCUT2D eigenvalue weighted by molar-refractivity contribution is 5.76. The van der Waals surface area contributed by atoms with Gasteiger partial charge in [0.2, 0.25) is 5.91 Å². The Morgan fingerprint density at radius 1 is 0.375 bits per heavy atom. The van der Waals surface area contributed by atoms with Crippen molar-refractivity contribution in [3.63, 3.8) is 0 Å². The largest absolute Gasteiger partial charge is 0.394 e. The molecule has 0 radical (unpaired) electrons. The first-order valence-electron chi connectivity index (χ1n) is 38.2. The van der Waals surface area contributed by atoms with Gasteiger partial charge in [-0.3, -0.25) is 4.79 Å². The monoisotopic (exact) mass is 1360 g/mol. The van der Waals surface area contributed by atoms with Gasteiger partial charge < -0.3 is 89.9 Å². The van der Waals surface area contributed by atoms with Crippen LogP contribution in [0.5, 0.6) is 0 Å². The van der Waals surface area contributed by atoms with Crippen LogP contribution >= 0.6 is 0 Å². The Kier molecular flexibility index (Phi) is 52.7. The van der Waals surface area contributed by atoms with E-state index >= 15 is 0 Å². The normalized spacial score (nSPS) is 27.4. The summed E-state index contributed by atoms with van der Waals surface area (Å²) in [6.45, 7) is 1.71. The number of amides is 1. The third kappa shape index (κ3) is 38.3. The minimum atomic E-state index is -1.98. The summed E-state index contributed by atoms with van der Waals surface area (Å²) in [6, 6.07) is -1.000. The average molecular weight is 1360 g/mol. The Balaban J connectivity index is 1.40. The van der Waals surface area contributed by atoms with Crippen LogP contribution in [-0.2, 0) is 33.2 Å². The number of carbonyl (C=O) groups is 1. The van der Waals surface area contributed by atoms with E-state index in [0.29, 0.717) is 12.8 Å². The summed E-state index contributed by atoms with van der Waals surface area (Å²) in [4.78, 5) is 13.4. The summed E-state index contributed by atoms with van der Waals surface area (Å²) in [7, 11) is 0. The zero-order valence-electron chi connectivity index (χ0n) is 59.3. The van der Waals surface area contributed by atoms with E-state index in [0.717, 1.165) is 57.8 Å². The van der Waals surface area contributed by atoms with Gasteiger partial charge in [0.05, 0.1) is 38.6 Å². The van der Waals surface area contributed by atoms with Gasteiger partial charge in [-0.1, -0.05) is 260 Å². The lowest BCUT2D eigenvalue weighted by Crippen LogP contribution is -2.66. The maximum absolute atomic E-state index is 13.4. The number of hydrogen-bond donors (Lipinski definition) is 12. The predicted molar refractivity (Wildman–Crippen MR) is 378 cm³/mol. The molecule has 558 valence electrons. The molecular weight excluding hydrogens is 1230 g/mol. The maximum atomic E-state index is 13.4. The van der Waals surface area contributed by atoms with Crippen LogP contribution in [0, 0.1) is 0 Å². The molecule has 96 heavy (non-hydrogen) atoms. The summed E-state index contributed by atoms with van der Waals surface area (Å²) in [5.74, 6) is -0.289. The van der Waals surface area contributed by atoms with Crippen LogP contribution in [0.3, 0.4) is 0 Å². The minimum absolute atomic E-state index is 0.230. The van der Waals surface area contributed by atoms with Crippen molar-refractivity contribution in [1.82, 2.24) is 5.32 Å². The fourth-order valence-corrected chi connectivity index (χ4v) is 12.5. The number of carbonyl (C=O) groups excluding carboxylic acids is 1. The number of ether oxygens (including phenoxy) is 6. The van der Waals surface area contributed by atoms with Crippen LogP contribution < -0.4 is 5.32 Å². The molecule has 17 atom stereocenters. The van der Waals surface area contributed by atoms with Crippen LogP contribution in [0.1, 0.15) is 277 Å². The van der Waals surface area contributed by atoms with Gasteiger partial charge in [0, 0.05) is 6.42 Å². The first-order chi connectivity index (χ1) is 46.8. The quantitative estimate of drug-likeness (QED) is 0.0199. The van der Waals surface area contributed by atoms with E-state index in [-0.39, 0.29) is 18.9 Å². The highest BCUT2D eigenvalue weighted by Crippen LogP contribution is 2.33. The smallest absolute Gasteiger partial charge is 0.220 e. The number of rotatable bonds is 59. The first kappa shape index (κ1) is 87.4.